The lowest BCUT2D eigenvalue weighted by Crippen LogP contribution is -2.01. The van der Waals surface area contributed by atoms with Crippen molar-refractivity contribution in [3.05, 3.63) is 64.0 Å². The maximum atomic E-state index is 12.5. The third kappa shape index (κ3) is 2.27. The minimum atomic E-state index is -0.420. The number of aromatic amines is 1. The first-order valence-electron chi connectivity index (χ1n) is 7.65. The minimum absolute atomic E-state index is 0.420. The van der Waals surface area contributed by atoms with Crippen molar-refractivity contribution in [3.63, 3.8) is 0 Å². The van der Waals surface area contributed by atoms with Crippen LogP contribution < -0.4 is 10.4 Å². The van der Waals surface area contributed by atoms with Crippen molar-refractivity contribution >= 4 is 33.5 Å². The molecule has 0 aliphatic carbocycles. The second-order valence-corrected chi connectivity index (χ2v) is 5.84. The van der Waals surface area contributed by atoms with Gasteiger partial charge in [-0.25, -0.2) is 4.79 Å². The topological polar surface area (TPSA) is 55.2 Å². The lowest BCUT2D eigenvalue weighted by Gasteiger charge is -2.05. The number of halogens is 1. The highest BCUT2D eigenvalue weighted by Gasteiger charge is 2.20. The second-order valence-electron chi connectivity index (χ2n) is 5.41. The fourth-order valence-corrected chi connectivity index (χ4v) is 3.12. The molecular formula is C19H14ClNO3. The summed E-state index contributed by atoms with van der Waals surface area (Å²) in [6.07, 6.45) is 0. The number of fused-ring (bicyclic) bond motifs is 3. The molecule has 120 valence electrons. The molecule has 2 aromatic carbocycles. The SMILES string of the molecule is CCOc1c(-c2cccc(Cl)c2)[nH]c2c1c(=O)oc1ccccc12. The van der Waals surface area contributed by atoms with Crippen molar-refractivity contribution in [1.29, 1.82) is 0 Å². The summed E-state index contributed by atoms with van der Waals surface area (Å²) in [5.41, 5.74) is 2.40. The predicted molar refractivity (Wildman–Crippen MR) is 96.0 cm³/mol. The average Bonchev–Trinajstić information content (AvgIpc) is 2.96. The van der Waals surface area contributed by atoms with Crippen LogP contribution in [-0.2, 0) is 0 Å². The van der Waals surface area contributed by atoms with Crippen LogP contribution in [0.2, 0.25) is 5.02 Å². The molecule has 0 aliphatic rings. The normalized spacial score (nSPS) is 11.2. The van der Waals surface area contributed by atoms with E-state index in [1.165, 1.54) is 0 Å². The summed E-state index contributed by atoms with van der Waals surface area (Å²) in [5.74, 6) is 0.495. The van der Waals surface area contributed by atoms with E-state index in [0.717, 1.165) is 16.6 Å². The molecule has 0 saturated heterocycles. The Morgan fingerprint density at radius 3 is 2.79 bits per heavy atom. The van der Waals surface area contributed by atoms with Gasteiger partial charge >= 0.3 is 5.63 Å². The molecule has 0 saturated carbocycles. The molecule has 0 radical (unpaired) electrons. The van der Waals surface area contributed by atoms with Crippen LogP contribution in [0.3, 0.4) is 0 Å². The Labute approximate surface area is 142 Å². The van der Waals surface area contributed by atoms with E-state index in [1.807, 2.05) is 43.3 Å². The number of para-hydroxylation sites is 1. The van der Waals surface area contributed by atoms with Crippen molar-refractivity contribution in [3.8, 4) is 17.0 Å². The summed E-state index contributed by atoms with van der Waals surface area (Å²) >= 11 is 6.11. The summed E-state index contributed by atoms with van der Waals surface area (Å²) in [6, 6.07) is 14.8. The highest BCUT2D eigenvalue weighted by Crippen LogP contribution is 2.38. The van der Waals surface area contributed by atoms with Gasteiger partial charge in [-0.05, 0) is 31.2 Å². The molecule has 0 spiro atoms. The monoisotopic (exact) mass is 339 g/mol. The van der Waals surface area contributed by atoms with Gasteiger partial charge in [0.05, 0.1) is 17.8 Å². The van der Waals surface area contributed by atoms with Crippen LogP contribution in [0, 0.1) is 0 Å². The third-order valence-electron chi connectivity index (χ3n) is 3.92. The fourth-order valence-electron chi connectivity index (χ4n) is 2.93. The molecule has 2 heterocycles. The first kappa shape index (κ1) is 14.8. The fraction of sp³-hybridized carbons (Fsp3) is 0.105. The average molecular weight is 340 g/mol. The molecule has 0 atom stereocenters. The molecule has 0 aliphatic heterocycles. The zero-order chi connectivity index (χ0) is 16.7. The molecule has 0 bridgehead atoms. The Balaban J connectivity index is 2.14. The quantitative estimate of drug-likeness (QED) is 0.535. The highest BCUT2D eigenvalue weighted by atomic mass is 35.5. The van der Waals surface area contributed by atoms with Gasteiger partial charge in [-0.15, -0.1) is 0 Å². The number of hydrogen-bond acceptors (Lipinski definition) is 3. The molecule has 4 nitrogen and oxygen atoms in total. The van der Waals surface area contributed by atoms with Gasteiger partial charge in [-0.3, -0.25) is 0 Å². The van der Waals surface area contributed by atoms with Gasteiger partial charge < -0.3 is 14.1 Å². The van der Waals surface area contributed by atoms with E-state index in [0.29, 0.717) is 33.9 Å². The Morgan fingerprint density at radius 2 is 2.00 bits per heavy atom. The van der Waals surface area contributed by atoms with Crippen LogP contribution in [0.25, 0.3) is 33.1 Å². The van der Waals surface area contributed by atoms with Crippen molar-refractivity contribution < 1.29 is 9.15 Å². The first-order chi connectivity index (χ1) is 11.7. The summed E-state index contributed by atoms with van der Waals surface area (Å²) in [5, 5.41) is 1.87. The van der Waals surface area contributed by atoms with Crippen molar-refractivity contribution in [1.82, 2.24) is 4.98 Å². The summed E-state index contributed by atoms with van der Waals surface area (Å²) in [4.78, 5) is 15.8. The number of benzene rings is 2. The maximum Gasteiger partial charge on any atom is 0.349 e. The minimum Gasteiger partial charge on any atom is -0.491 e. The van der Waals surface area contributed by atoms with E-state index in [1.54, 1.807) is 12.1 Å². The molecule has 1 N–H and O–H groups in total. The predicted octanol–water partition coefficient (Wildman–Crippen LogP) is 4.99. The van der Waals surface area contributed by atoms with Gasteiger partial charge in [-0.1, -0.05) is 35.9 Å². The van der Waals surface area contributed by atoms with E-state index in [2.05, 4.69) is 4.98 Å². The number of H-pyrrole nitrogens is 1. The Morgan fingerprint density at radius 1 is 1.17 bits per heavy atom. The summed E-state index contributed by atoms with van der Waals surface area (Å²) < 4.78 is 11.2. The van der Waals surface area contributed by atoms with E-state index in [-0.39, 0.29) is 0 Å². The molecule has 2 aromatic heterocycles. The van der Waals surface area contributed by atoms with E-state index < -0.39 is 5.63 Å². The van der Waals surface area contributed by atoms with Gasteiger partial charge in [0.1, 0.15) is 11.0 Å². The highest BCUT2D eigenvalue weighted by molar-refractivity contribution is 6.30. The zero-order valence-electron chi connectivity index (χ0n) is 12.9. The number of ether oxygens (including phenoxy) is 1. The van der Waals surface area contributed by atoms with E-state index in [9.17, 15) is 4.79 Å². The molecule has 24 heavy (non-hydrogen) atoms. The van der Waals surface area contributed by atoms with Gasteiger partial charge in [-0.2, -0.15) is 0 Å². The Kier molecular flexibility index (Phi) is 3.54. The molecule has 4 aromatic rings. The maximum absolute atomic E-state index is 12.5. The standard InChI is InChI=1S/C19H14ClNO3/c1-2-23-18-15-17(13-8-3-4-9-14(13)24-19(15)22)21-16(18)11-6-5-7-12(20)10-11/h3-10,21H,2H2,1H3. The van der Waals surface area contributed by atoms with Crippen LogP contribution in [0.4, 0.5) is 0 Å². The largest absolute Gasteiger partial charge is 0.491 e. The van der Waals surface area contributed by atoms with Crippen molar-refractivity contribution in [2.75, 3.05) is 6.61 Å². The van der Waals surface area contributed by atoms with Crippen LogP contribution in [0.1, 0.15) is 6.92 Å². The van der Waals surface area contributed by atoms with Crippen LogP contribution in [0.5, 0.6) is 5.75 Å². The van der Waals surface area contributed by atoms with Crippen molar-refractivity contribution in [2.24, 2.45) is 0 Å². The van der Waals surface area contributed by atoms with Crippen LogP contribution in [-0.4, -0.2) is 11.6 Å². The second kappa shape index (κ2) is 5.73. The number of aromatic nitrogens is 1. The Hall–Kier alpha value is -2.72. The van der Waals surface area contributed by atoms with Gasteiger partial charge in [0.2, 0.25) is 0 Å². The lowest BCUT2D eigenvalue weighted by molar-refractivity contribution is 0.345. The van der Waals surface area contributed by atoms with E-state index in [4.69, 9.17) is 20.8 Å². The molecular weight excluding hydrogens is 326 g/mol. The molecule has 5 heteroatoms. The molecule has 4 rings (SSSR count). The molecule has 0 fully saturated rings. The lowest BCUT2D eigenvalue weighted by atomic mass is 10.1. The summed E-state index contributed by atoms with van der Waals surface area (Å²) in [7, 11) is 0. The van der Waals surface area contributed by atoms with Crippen LogP contribution in [0.15, 0.2) is 57.7 Å². The van der Waals surface area contributed by atoms with Gasteiger partial charge in [0.25, 0.3) is 0 Å². The van der Waals surface area contributed by atoms with E-state index >= 15 is 0 Å². The summed E-state index contributed by atoms with van der Waals surface area (Å²) in [6.45, 7) is 2.32. The smallest absolute Gasteiger partial charge is 0.349 e. The van der Waals surface area contributed by atoms with Gasteiger partial charge in [0.15, 0.2) is 5.75 Å². The van der Waals surface area contributed by atoms with Gasteiger partial charge in [0, 0.05) is 16.0 Å². The zero-order valence-corrected chi connectivity index (χ0v) is 13.7. The first-order valence-corrected chi connectivity index (χ1v) is 8.03. The van der Waals surface area contributed by atoms with Crippen LogP contribution >= 0.6 is 11.6 Å². The molecule has 0 unspecified atom stereocenters. The number of rotatable bonds is 3. The number of hydrogen-bond donors (Lipinski definition) is 1. The molecule has 0 amide bonds. The van der Waals surface area contributed by atoms with Crippen molar-refractivity contribution in [2.45, 2.75) is 6.92 Å². The Bertz CT molecular complexity index is 1110. The third-order valence-corrected chi connectivity index (χ3v) is 4.15. The number of nitrogens with one attached hydrogen (secondary N) is 1.